The van der Waals surface area contributed by atoms with Gasteiger partial charge in [-0.3, -0.25) is 0 Å². The van der Waals surface area contributed by atoms with E-state index in [1.807, 2.05) is 14.1 Å². The largest absolute Gasteiger partial charge is 0.379 e. The summed E-state index contributed by atoms with van der Waals surface area (Å²) in [5.41, 5.74) is 0. The molecule has 248 valence electrons. The monoisotopic (exact) mass is 597 g/mol. The van der Waals surface area contributed by atoms with Gasteiger partial charge in [0.1, 0.15) is 0 Å². The van der Waals surface area contributed by atoms with Crippen molar-refractivity contribution in [2.75, 3.05) is 153 Å². The Hall–Kier alpha value is -0.440. The first-order valence-electron chi connectivity index (χ1n) is 15.7. The quantitative estimate of drug-likeness (QED) is 0.0989. The Morgan fingerprint density at radius 3 is 0.829 bits per heavy atom. The molecule has 0 aliphatic carbocycles. The molecule has 0 bridgehead atoms. The van der Waals surface area contributed by atoms with E-state index in [1.165, 1.54) is 32.1 Å². The topological polar surface area (TPSA) is 95.5 Å². The molecule has 0 spiro atoms. The SMILES string of the molecule is CCCCCCCCOCCOCCOCCOCCOCCOCCOCCOCCOCCOCCN(C)C. The number of likely N-dealkylation sites (N-methyl/N-ethyl adjacent to an activating group) is 1. The van der Waals surface area contributed by atoms with E-state index in [2.05, 4.69) is 11.8 Å². The highest BCUT2D eigenvalue weighted by Gasteiger charge is 1.97. The summed E-state index contributed by atoms with van der Waals surface area (Å²) >= 11 is 0. The molecule has 0 atom stereocenters. The van der Waals surface area contributed by atoms with Gasteiger partial charge in [-0.05, 0) is 20.5 Å². The van der Waals surface area contributed by atoms with Crippen LogP contribution in [-0.2, 0) is 47.4 Å². The first kappa shape index (κ1) is 40.6. The van der Waals surface area contributed by atoms with Gasteiger partial charge in [-0.1, -0.05) is 39.0 Å². The standard InChI is InChI=1S/C30H63NO10/c1-4-5-6-7-8-9-11-32-13-15-34-17-19-36-21-23-38-25-27-40-29-30-41-28-26-39-24-22-37-20-18-35-16-14-33-12-10-31(2)3/h4-30H2,1-3H3. The second-order valence-electron chi connectivity index (χ2n) is 9.69. The van der Waals surface area contributed by atoms with Crippen molar-refractivity contribution in [1.82, 2.24) is 4.90 Å². The molecule has 0 fully saturated rings. The molecule has 0 aromatic rings. The molecule has 0 heterocycles. The maximum Gasteiger partial charge on any atom is 0.0701 e. The molecule has 0 radical (unpaired) electrons. The summed E-state index contributed by atoms with van der Waals surface area (Å²) in [6.45, 7) is 14.8. The zero-order chi connectivity index (χ0) is 29.7. The number of unbranched alkanes of at least 4 members (excludes halogenated alkanes) is 5. The molecule has 0 aromatic heterocycles. The van der Waals surface area contributed by atoms with Crippen LogP contribution >= 0.6 is 0 Å². The van der Waals surface area contributed by atoms with Crippen LogP contribution in [0.3, 0.4) is 0 Å². The molecule has 0 unspecified atom stereocenters. The molecule has 41 heavy (non-hydrogen) atoms. The van der Waals surface area contributed by atoms with Crippen molar-refractivity contribution in [1.29, 1.82) is 0 Å². The normalized spacial score (nSPS) is 11.7. The summed E-state index contributed by atoms with van der Waals surface area (Å²) < 4.78 is 54.9. The predicted octanol–water partition coefficient (Wildman–Crippen LogP) is 3.07. The van der Waals surface area contributed by atoms with E-state index in [-0.39, 0.29) is 0 Å². The van der Waals surface area contributed by atoms with Crippen molar-refractivity contribution in [2.45, 2.75) is 45.4 Å². The third kappa shape index (κ3) is 39.6. The Bertz CT molecular complexity index is 463. The summed E-state index contributed by atoms with van der Waals surface area (Å²) in [6.07, 6.45) is 7.70. The summed E-state index contributed by atoms with van der Waals surface area (Å²) in [6, 6.07) is 0. The maximum absolute atomic E-state index is 5.58. The van der Waals surface area contributed by atoms with Crippen molar-refractivity contribution in [3.8, 4) is 0 Å². The van der Waals surface area contributed by atoms with Crippen molar-refractivity contribution in [3.63, 3.8) is 0 Å². The number of nitrogens with zero attached hydrogens (tertiary/aromatic N) is 1. The molecule has 0 aliphatic heterocycles. The first-order chi connectivity index (χ1) is 20.3. The Morgan fingerprint density at radius 1 is 0.293 bits per heavy atom. The molecular formula is C30H63NO10. The third-order valence-corrected chi connectivity index (χ3v) is 5.67. The van der Waals surface area contributed by atoms with Crippen molar-refractivity contribution in [3.05, 3.63) is 0 Å². The predicted molar refractivity (Wildman–Crippen MR) is 160 cm³/mol. The average Bonchev–Trinajstić information content (AvgIpc) is 2.97. The zero-order valence-electron chi connectivity index (χ0n) is 26.6. The Kier molecular flexibility index (Phi) is 37.2. The van der Waals surface area contributed by atoms with E-state index in [9.17, 15) is 0 Å². The van der Waals surface area contributed by atoms with Crippen LogP contribution in [0.4, 0.5) is 0 Å². The molecule has 0 saturated heterocycles. The lowest BCUT2D eigenvalue weighted by molar-refractivity contribution is -0.0265. The molecule has 0 amide bonds. The fourth-order valence-electron chi connectivity index (χ4n) is 3.31. The van der Waals surface area contributed by atoms with Crippen molar-refractivity contribution >= 4 is 0 Å². The second kappa shape index (κ2) is 37.6. The number of hydrogen-bond donors (Lipinski definition) is 0. The Balaban J connectivity index is 3.03. The highest BCUT2D eigenvalue weighted by Crippen LogP contribution is 2.04. The average molecular weight is 598 g/mol. The lowest BCUT2D eigenvalue weighted by Gasteiger charge is -2.10. The zero-order valence-corrected chi connectivity index (χ0v) is 26.6. The minimum Gasteiger partial charge on any atom is -0.379 e. The fourth-order valence-corrected chi connectivity index (χ4v) is 3.31. The summed E-state index contributed by atoms with van der Waals surface area (Å²) in [4.78, 5) is 2.09. The van der Waals surface area contributed by atoms with Gasteiger partial charge in [0.2, 0.25) is 0 Å². The summed E-state index contributed by atoms with van der Waals surface area (Å²) in [7, 11) is 4.05. The maximum atomic E-state index is 5.58. The van der Waals surface area contributed by atoms with E-state index in [1.54, 1.807) is 0 Å². The molecule has 0 rings (SSSR count). The molecule has 11 heteroatoms. The third-order valence-electron chi connectivity index (χ3n) is 5.67. The van der Waals surface area contributed by atoms with E-state index in [0.29, 0.717) is 119 Å². The van der Waals surface area contributed by atoms with Gasteiger partial charge in [-0.25, -0.2) is 0 Å². The van der Waals surface area contributed by atoms with Crippen molar-refractivity contribution < 1.29 is 47.4 Å². The van der Waals surface area contributed by atoms with Gasteiger partial charge < -0.3 is 52.3 Å². The van der Waals surface area contributed by atoms with Gasteiger partial charge in [0.05, 0.1) is 126 Å². The smallest absolute Gasteiger partial charge is 0.0701 e. The van der Waals surface area contributed by atoms with Crippen LogP contribution in [0.5, 0.6) is 0 Å². The lowest BCUT2D eigenvalue weighted by Crippen LogP contribution is -2.19. The molecule has 0 N–H and O–H groups in total. The first-order valence-corrected chi connectivity index (χ1v) is 15.7. The van der Waals surface area contributed by atoms with Gasteiger partial charge in [0.25, 0.3) is 0 Å². The van der Waals surface area contributed by atoms with Gasteiger partial charge in [-0.15, -0.1) is 0 Å². The van der Waals surface area contributed by atoms with Gasteiger partial charge in [0.15, 0.2) is 0 Å². The van der Waals surface area contributed by atoms with Crippen LogP contribution in [0, 0.1) is 0 Å². The molecule has 11 nitrogen and oxygen atoms in total. The van der Waals surface area contributed by atoms with Crippen LogP contribution in [0.2, 0.25) is 0 Å². The van der Waals surface area contributed by atoms with Crippen molar-refractivity contribution in [2.24, 2.45) is 0 Å². The van der Waals surface area contributed by atoms with E-state index < -0.39 is 0 Å². The minimum atomic E-state index is 0.531. The Morgan fingerprint density at radius 2 is 0.537 bits per heavy atom. The fraction of sp³-hybridized carbons (Fsp3) is 1.00. The van der Waals surface area contributed by atoms with E-state index in [0.717, 1.165) is 26.2 Å². The number of ether oxygens (including phenoxy) is 10. The summed E-state index contributed by atoms with van der Waals surface area (Å²) in [5.74, 6) is 0. The van der Waals surface area contributed by atoms with Crippen LogP contribution in [0.25, 0.3) is 0 Å². The molecule has 0 aliphatic rings. The minimum absolute atomic E-state index is 0.531. The van der Waals surface area contributed by atoms with Gasteiger partial charge >= 0.3 is 0 Å². The van der Waals surface area contributed by atoms with Gasteiger partial charge in [0, 0.05) is 13.2 Å². The second-order valence-corrected chi connectivity index (χ2v) is 9.69. The van der Waals surface area contributed by atoms with Crippen LogP contribution in [0.15, 0.2) is 0 Å². The van der Waals surface area contributed by atoms with Crippen LogP contribution < -0.4 is 0 Å². The van der Waals surface area contributed by atoms with Crippen LogP contribution in [0.1, 0.15) is 45.4 Å². The molecule has 0 saturated carbocycles. The Labute approximate surface area is 250 Å². The highest BCUT2D eigenvalue weighted by atomic mass is 16.6. The lowest BCUT2D eigenvalue weighted by atomic mass is 10.1. The molecular weight excluding hydrogens is 534 g/mol. The number of rotatable bonds is 37. The molecule has 0 aromatic carbocycles. The van der Waals surface area contributed by atoms with Gasteiger partial charge in [-0.2, -0.15) is 0 Å². The van der Waals surface area contributed by atoms with E-state index in [4.69, 9.17) is 47.4 Å². The highest BCUT2D eigenvalue weighted by molar-refractivity contribution is 4.44. The van der Waals surface area contributed by atoms with Crippen LogP contribution in [-0.4, -0.2) is 158 Å². The van der Waals surface area contributed by atoms with E-state index >= 15 is 0 Å². The number of hydrogen-bond acceptors (Lipinski definition) is 11. The summed E-state index contributed by atoms with van der Waals surface area (Å²) in [5, 5.41) is 0.